The van der Waals surface area contributed by atoms with Crippen LogP contribution in [0.25, 0.3) is 0 Å². The normalized spacial score (nSPS) is 15.5. The van der Waals surface area contributed by atoms with Crippen LogP contribution in [0.2, 0.25) is 0 Å². The van der Waals surface area contributed by atoms with Crippen molar-refractivity contribution in [1.29, 1.82) is 0 Å². The summed E-state index contributed by atoms with van der Waals surface area (Å²) in [5, 5.41) is 0. The van der Waals surface area contributed by atoms with E-state index in [2.05, 4.69) is 0 Å². The lowest BCUT2D eigenvalue weighted by molar-refractivity contribution is 0.0985. The van der Waals surface area contributed by atoms with E-state index in [1.54, 1.807) is 12.1 Å². The van der Waals surface area contributed by atoms with Gasteiger partial charge in [-0.2, -0.15) is 0 Å². The number of sulfonamides is 1. The van der Waals surface area contributed by atoms with E-state index in [0.717, 1.165) is 13.2 Å². The van der Waals surface area contributed by atoms with Crippen LogP contribution < -0.4 is 4.72 Å². The number of carbonyl (C=O) groups excluding carboxylic acids is 1. The molecule has 1 aliphatic rings. The van der Waals surface area contributed by atoms with Gasteiger partial charge in [0.05, 0.1) is 5.56 Å². The van der Waals surface area contributed by atoms with Gasteiger partial charge >= 0.3 is 0 Å². The summed E-state index contributed by atoms with van der Waals surface area (Å²) >= 11 is 0. The first-order valence-electron chi connectivity index (χ1n) is 5.26. The topological polar surface area (TPSA) is 72.5 Å². The van der Waals surface area contributed by atoms with Gasteiger partial charge in [-0.1, -0.05) is 12.1 Å². The molecule has 0 aliphatic carbocycles. The van der Waals surface area contributed by atoms with Gasteiger partial charge in [0, 0.05) is 13.2 Å². The van der Waals surface area contributed by atoms with E-state index in [1.807, 2.05) is 18.6 Å². The van der Waals surface area contributed by atoms with Crippen LogP contribution in [0, 0.1) is 0 Å². The maximum Gasteiger partial charge on any atom is 0.266 e. The van der Waals surface area contributed by atoms with E-state index in [9.17, 15) is 13.2 Å². The number of ether oxygens (including phenoxy) is 1. The predicted octanol–water partition coefficient (Wildman–Crippen LogP) is 1.16. The van der Waals surface area contributed by atoms with Crippen LogP contribution in [-0.4, -0.2) is 27.5 Å². The lowest BCUT2D eigenvalue weighted by Gasteiger charge is -1.91. The van der Waals surface area contributed by atoms with Crippen molar-refractivity contribution in [3.05, 3.63) is 29.8 Å². The number of fused-ring (bicyclic) bond motifs is 1. The average molecular weight is 257 g/mol. The maximum atomic E-state index is 11.1. The second-order valence-electron chi connectivity index (χ2n) is 3.21. The third kappa shape index (κ3) is 3.28. The third-order valence-corrected chi connectivity index (χ3v) is 3.45. The first-order valence-corrected chi connectivity index (χ1v) is 6.75. The first-order chi connectivity index (χ1) is 8.03. The number of amides is 1. The van der Waals surface area contributed by atoms with Crippen LogP contribution in [0.5, 0.6) is 0 Å². The Morgan fingerprint density at radius 1 is 1.18 bits per heavy atom. The number of carbonyl (C=O) groups is 1. The predicted molar refractivity (Wildman–Crippen MR) is 63.3 cm³/mol. The molecular weight excluding hydrogens is 242 g/mol. The maximum absolute atomic E-state index is 11.1. The van der Waals surface area contributed by atoms with Gasteiger partial charge in [-0.05, 0) is 26.0 Å². The molecule has 0 fully saturated rings. The Morgan fingerprint density at radius 3 is 2.24 bits per heavy atom. The molecule has 0 bridgehead atoms. The summed E-state index contributed by atoms with van der Waals surface area (Å²) in [5.74, 6) is -0.550. The Morgan fingerprint density at radius 2 is 1.76 bits per heavy atom. The van der Waals surface area contributed by atoms with E-state index in [4.69, 9.17) is 4.74 Å². The van der Waals surface area contributed by atoms with Crippen LogP contribution >= 0.6 is 0 Å². The van der Waals surface area contributed by atoms with Crippen molar-refractivity contribution in [2.45, 2.75) is 18.7 Å². The Bertz CT molecular complexity index is 494. The summed E-state index contributed by atoms with van der Waals surface area (Å²) in [4.78, 5) is 11.1. The van der Waals surface area contributed by atoms with Gasteiger partial charge < -0.3 is 4.74 Å². The summed E-state index contributed by atoms with van der Waals surface area (Å²) in [7, 11) is -3.55. The van der Waals surface area contributed by atoms with Crippen LogP contribution in [0.4, 0.5) is 0 Å². The smallest absolute Gasteiger partial charge is 0.266 e. The molecule has 5 nitrogen and oxygen atoms in total. The zero-order chi connectivity index (χ0) is 12.9. The molecule has 1 aromatic rings. The largest absolute Gasteiger partial charge is 0.382 e. The summed E-state index contributed by atoms with van der Waals surface area (Å²) in [6.45, 7) is 5.67. The molecular formula is C11H15NO4S. The second kappa shape index (κ2) is 5.79. The van der Waals surface area contributed by atoms with Gasteiger partial charge in [-0.15, -0.1) is 0 Å². The monoisotopic (exact) mass is 257 g/mol. The van der Waals surface area contributed by atoms with Gasteiger partial charge in [0.15, 0.2) is 0 Å². The van der Waals surface area contributed by atoms with E-state index in [-0.39, 0.29) is 10.5 Å². The standard InChI is InChI=1S/C7H5NO3S.C4H10O/c9-7-5-3-1-2-4-6(5)12(10,11)8-7;1-3-5-4-2/h1-4H,(H,8,9);3-4H2,1-2H3. The Balaban J connectivity index is 0.000000249. The van der Waals surface area contributed by atoms with Crippen LogP contribution in [0.15, 0.2) is 29.2 Å². The minimum Gasteiger partial charge on any atom is -0.382 e. The van der Waals surface area contributed by atoms with E-state index in [0.29, 0.717) is 0 Å². The van der Waals surface area contributed by atoms with Crippen molar-refractivity contribution in [1.82, 2.24) is 4.72 Å². The number of benzene rings is 1. The van der Waals surface area contributed by atoms with Crippen LogP contribution in [0.3, 0.4) is 0 Å². The molecule has 0 atom stereocenters. The van der Waals surface area contributed by atoms with Crippen molar-refractivity contribution < 1.29 is 17.9 Å². The second-order valence-corrected chi connectivity index (χ2v) is 4.86. The number of rotatable bonds is 2. The Labute approximate surface area is 101 Å². The summed E-state index contributed by atoms with van der Waals surface area (Å²) in [6, 6.07) is 6.09. The molecule has 1 heterocycles. The number of hydrogen-bond acceptors (Lipinski definition) is 4. The lowest BCUT2D eigenvalue weighted by Crippen LogP contribution is -2.20. The van der Waals surface area contributed by atoms with Gasteiger partial charge in [-0.25, -0.2) is 13.1 Å². The molecule has 1 N–H and O–H groups in total. The van der Waals surface area contributed by atoms with E-state index < -0.39 is 15.9 Å². The highest BCUT2D eigenvalue weighted by atomic mass is 32.2. The highest BCUT2D eigenvalue weighted by Crippen LogP contribution is 2.20. The molecule has 1 amide bonds. The molecule has 2 rings (SSSR count). The van der Waals surface area contributed by atoms with Crippen molar-refractivity contribution in [3.63, 3.8) is 0 Å². The third-order valence-electron chi connectivity index (χ3n) is 2.06. The molecule has 0 spiro atoms. The fourth-order valence-electron chi connectivity index (χ4n) is 1.32. The highest BCUT2D eigenvalue weighted by Gasteiger charge is 2.31. The molecule has 6 heteroatoms. The van der Waals surface area contributed by atoms with Crippen LogP contribution in [-0.2, 0) is 14.8 Å². The van der Waals surface area contributed by atoms with Crippen LogP contribution in [0.1, 0.15) is 24.2 Å². The Kier molecular flexibility index (Phi) is 4.65. The van der Waals surface area contributed by atoms with Gasteiger partial charge in [-0.3, -0.25) is 4.79 Å². The minimum absolute atomic E-state index is 0.0648. The zero-order valence-corrected chi connectivity index (χ0v) is 10.6. The average Bonchev–Trinajstić information content (AvgIpc) is 2.53. The number of hydrogen-bond donors (Lipinski definition) is 1. The van der Waals surface area contributed by atoms with Gasteiger partial charge in [0.2, 0.25) is 0 Å². The molecule has 1 aromatic carbocycles. The highest BCUT2D eigenvalue weighted by molar-refractivity contribution is 7.90. The van der Waals surface area contributed by atoms with Crippen molar-refractivity contribution in [3.8, 4) is 0 Å². The fraction of sp³-hybridized carbons (Fsp3) is 0.364. The molecule has 0 saturated heterocycles. The molecule has 0 aromatic heterocycles. The fourth-order valence-corrected chi connectivity index (χ4v) is 2.50. The zero-order valence-electron chi connectivity index (χ0n) is 9.76. The molecule has 0 unspecified atom stereocenters. The minimum atomic E-state index is -3.55. The van der Waals surface area contributed by atoms with Crippen molar-refractivity contribution in [2.24, 2.45) is 0 Å². The lowest BCUT2D eigenvalue weighted by atomic mass is 10.2. The van der Waals surface area contributed by atoms with E-state index >= 15 is 0 Å². The van der Waals surface area contributed by atoms with E-state index in [1.165, 1.54) is 12.1 Å². The van der Waals surface area contributed by atoms with Crippen molar-refractivity contribution >= 4 is 15.9 Å². The molecule has 94 valence electrons. The summed E-state index contributed by atoms with van der Waals surface area (Å²) < 4.78 is 29.0. The summed E-state index contributed by atoms with van der Waals surface area (Å²) in [5.41, 5.74) is 0.220. The quantitative estimate of drug-likeness (QED) is 0.863. The number of nitrogens with one attached hydrogen (secondary N) is 1. The van der Waals surface area contributed by atoms with Gasteiger partial charge in [0.25, 0.3) is 15.9 Å². The van der Waals surface area contributed by atoms with Crippen molar-refractivity contribution in [2.75, 3.05) is 13.2 Å². The molecule has 0 saturated carbocycles. The molecule has 0 radical (unpaired) electrons. The SMILES string of the molecule is CCOCC.O=C1NS(=O)(=O)c2ccccc21. The molecule has 17 heavy (non-hydrogen) atoms. The first kappa shape index (κ1) is 13.7. The Hall–Kier alpha value is -1.40. The van der Waals surface area contributed by atoms with Gasteiger partial charge in [0.1, 0.15) is 4.90 Å². The summed E-state index contributed by atoms with van der Waals surface area (Å²) in [6.07, 6.45) is 0. The molecule has 1 aliphatic heterocycles.